The number of halogens is 2. The van der Waals surface area contributed by atoms with Crippen LogP contribution in [0.1, 0.15) is 38.2 Å². The average Bonchev–Trinajstić information content (AvgIpc) is 3.29. The summed E-state index contributed by atoms with van der Waals surface area (Å²) < 4.78 is 10.8. The van der Waals surface area contributed by atoms with E-state index in [2.05, 4.69) is 5.32 Å². The predicted molar refractivity (Wildman–Crippen MR) is 125 cm³/mol. The summed E-state index contributed by atoms with van der Waals surface area (Å²) in [6.45, 7) is 1.75. The van der Waals surface area contributed by atoms with Gasteiger partial charge in [-0.05, 0) is 55.7 Å². The molecular formula is C24H28Cl2N2O4. The Balaban J connectivity index is 1.72. The van der Waals surface area contributed by atoms with Crippen molar-refractivity contribution in [3.05, 3.63) is 58.1 Å². The van der Waals surface area contributed by atoms with Crippen molar-refractivity contribution in [3.8, 4) is 11.5 Å². The first kappa shape index (κ1) is 24.2. The molecule has 32 heavy (non-hydrogen) atoms. The van der Waals surface area contributed by atoms with Crippen molar-refractivity contribution in [2.75, 3.05) is 13.7 Å². The summed E-state index contributed by atoms with van der Waals surface area (Å²) in [5.74, 6) is 0.598. The van der Waals surface area contributed by atoms with Crippen molar-refractivity contribution in [3.63, 3.8) is 0 Å². The van der Waals surface area contributed by atoms with E-state index >= 15 is 0 Å². The molecule has 2 aromatic rings. The molecule has 0 aromatic heterocycles. The summed E-state index contributed by atoms with van der Waals surface area (Å²) >= 11 is 12.1. The number of benzene rings is 2. The van der Waals surface area contributed by atoms with Gasteiger partial charge in [-0.1, -0.05) is 48.2 Å². The summed E-state index contributed by atoms with van der Waals surface area (Å²) in [4.78, 5) is 27.6. The summed E-state index contributed by atoms with van der Waals surface area (Å²) in [6.07, 6.45) is 4.18. The molecule has 0 bridgehead atoms. The first-order valence-corrected chi connectivity index (χ1v) is 11.4. The second-order valence-electron chi connectivity index (χ2n) is 7.90. The van der Waals surface area contributed by atoms with E-state index in [9.17, 15) is 9.59 Å². The molecule has 0 saturated heterocycles. The molecule has 6 nitrogen and oxygen atoms in total. The Labute approximate surface area is 198 Å². The lowest BCUT2D eigenvalue weighted by Crippen LogP contribution is -2.50. The van der Waals surface area contributed by atoms with Crippen molar-refractivity contribution in [1.82, 2.24) is 10.2 Å². The van der Waals surface area contributed by atoms with E-state index in [4.69, 9.17) is 32.7 Å². The van der Waals surface area contributed by atoms with Gasteiger partial charge < -0.3 is 19.7 Å². The van der Waals surface area contributed by atoms with Crippen molar-refractivity contribution in [1.29, 1.82) is 0 Å². The second kappa shape index (κ2) is 11.4. The number of methoxy groups -OCH3 is 1. The third kappa shape index (κ3) is 6.53. The van der Waals surface area contributed by atoms with Gasteiger partial charge in [0.2, 0.25) is 5.91 Å². The summed E-state index contributed by atoms with van der Waals surface area (Å²) in [5, 5.41) is 3.87. The minimum absolute atomic E-state index is 0.164. The Kier molecular flexibility index (Phi) is 8.65. The molecule has 1 saturated carbocycles. The summed E-state index contributed by atoms with van der Waals surface area (Å²) in [5.41, 5.74) is 0.879. The second-order valence-corrected chi connectivity index (χ2v) is 8.74. The van der Waals surface area contributed by atoms with Crippen molar-refractivity contribution >= 4 is 35.0 Å². The topological polar surface area (TPSA) is 67.9 Å². The van der Waals surface area contributed by atoms with Gasteiger partial charge in [-0.15, -0.1) is 0 Å². The summed E-state index contributed by atoms with van der Waals surface area (Å²) in [6, 6.07) is 11.7. The highest BCUT2D eigenvalue weighted by molar-refractivity contribution is 6.35. The van der Waals surface area contributed by atoms with Gasteiger partial charge in [0.15, 0.2) is 6.61 Å². The highest BCUT2D eigenvalue weighted by Crippen LogP contribution is 2.27. The van der Waals surface area contributed by atoms with E-state index in [0.717, 1.165) is 37.0 Å². The number of nitrogens with zero attached hydrogens (tertiary/aromatic N) is 1. The highest BCUT2D eigenvalue weighted by atomic mass is 35.5. The first-order chi connectivity index (χ1) is 15.4. The molecule has 2 amide bonds. The van der Waals surface area contributed by atoms with E-state index in [1.807, 2.05) is 24.3 Å². The fourth-order valence-corrected chi connectivity index (χ4v) is 4.18. The van der Waals surface area contributed by atoms with Gasteiger partial charge in [0.25, 0.3) is 5.91 Å². The van der Waals surface area contributed by atoms with Crippen LogP contribution in [0.25, 0.3) is 0 Å². The van der Waals surface area contributed by atoms with Crippen LogP contribution in [0.5, 0.6) is 11.5 Å². The van der Waals surface area contributed by atoms with Crippen LogP contribution >= 0.6 is 23.2 Å². The standard InChI is InChI=1S/C24H28Cl2N2O4/c1-16(24(30)27-19-5-3-4-6-19)28(14-17-7-10-20(31-2)11-8-17)23(29)15-32-22-12-9-18(25)13-21(22)26/h7-13,16,19H,3-6,14-15H2,1-2H3,(H,27,30). The van der Waals surface area contributed by atoms with Crippen LogP contribution in [0.15, 0.2) is 42.5 Å². The number of rotatable bonds is 9. The lowest BCUT2D eigenvalue weighted by atomic mass is 10.1. The van der Waals surface area contributed by atoms with Crippen LogP contribution in [-0.2, 0) is 16.1 Å². The van der Waals surface area contributed by atoms with E-state index in [1.54, 1.807) is 32.2 Å². The predicted octanol–water partition coefficient (Wildman–Crippen LogP) is 4.86. The lowest BCUT2D eigenvalue weighted by molar-refractivity contribution is -0.142. The zero-order chi connectivity index (χ0) is 23.1. The molecule has 172 valence electrons. The third-order valence-corrected chi connectivity index (χ3v) is 6.16. The number of ether oxygens (including phenoxy) is 2. The minimum Gasteiger partial charge on any atom is -0.497 e. The zero-order valence-electron chi connectivity index (χ0n) is 18.3. The molecule has 0 heterocycles. The largest absolute Gasteiger partial charge is 0.497 e. The molecule has 1 N–H and O–H groups in total. The smallest absolute Gasteiger partial charge is 0.261 e. The molecule has 1 fully saturated rings. The van der Waals surface area contributed by atoms with Crippen LogP contribution < -0.4 is 14.8 Å². The number of amides is 2. The highest BCUT2D eigenvalue weighted by Gasteiger charge is 2.28. The number of nitrogens with one attached hydrogen (secondary N) is 1. The van der Waals surface area contributed by atoms with Gasteiger partial charge in [0.05, 0.1) is 12.1 Å². The Morgan fingerprint density at radius 2 is 1.81 bits per heavy atom. The summed E-state index contributed by atoms with van der Waals surface area (Å²) in [7, 11) is 1.60. The van der Waals surface area contributed by atoms with Crippen LogP contribution in [0.3, 0.4) is 0 Å². The molecular weight excluding hydrogens is 451 g/mol. The first-order valence-electron chi connectivity index (χ1n) is 10.7. The van der Waals surface area contributed by atoms with Gasteiger partial charge in [-0.2, -0.15) is 0 Å². The molecule has 1 aliphatic rings. The number of hydrogen-bond donors (Lipinski definition) is 1. The number of carbonyl (C=O) groups is 2. The Morgan fingerprint density at radius 3 is 2.44 bits per heavy atom. The van der Waals surface area contributed by atoms with Gasteiger partial charge >= 0.3 is 0 Å². The van der Waals surface area contributed by atoms with Gasteiger partial charge in [0.1, 0.15) is 17.5 Å². The molecule has 8 heteroatoms. The van der Waals surface area contributed by atoms with Crippen molar-refractivity contribution in [2.45, 2.75) is 51.2 Å². The van der Waals surface area contributed by atoms with Crippen molar-refractivity contribution < 1.29 is 19.1 Å². The lowest BCUT2D eigenvalue weighted by Gasteiger charge is -2.29. The van der Waals surface area contributed by atoms with E-state index in [1.165, 1.54) is 4.90 Å². The molecule has 0 radical (unpaired) electrons. The third-order valence-electron chi connectivity index (χ3n) is 5.63. The Bertz CT molecular complexity index is 930. The maximum absolute atomic E-state index is 13.1. The van der Waals surface area contributed by atoms with Gasteiger partial charge in [-0.25, -0.2) is 0 Å². The molecule has 1 unspecified atom stereocenters. The van der Waals surface area contributed by atoms with Crippen LogP contribution in [-0.4, -0.2) is 42.5 Å². The molecule has 1 atom stereocenters. The average molecular weight is 479 g/mol. The van der Waals surface area contributed by atoms with Crippen LogP contribution in [0.2, 0.25) is 10.0 Å². The fraction of sp³-hybridized carbons (Fsp3) is 0.417. The molecule has 1 aliphatic carbocycles. The van der Waals surface area contributed by atoms with E-state index in [0.29, 0.717) is 15.8 Å². The number of hydrogen-bond acceptors (Lipinski definition) is 4. The normalized spacial score (nSPS) is 14.6. The Hall–Kier alpha value is -2.44. The van der Waals surface area contributed by atoms with E-state index in [-0.39, 0.29) is 31.0 Å². The van der Waals surface area contributed by atoms with Gasteiger partial charge in [-0.3, -0.25) is 9.59 Å². The molecule has 3 rings (SSSR count). The monoisotopic (exact) mass is 478 g/mol. The molecule has 0 aliphatic heterocycles. The zero-order valence-corrected chi connectivity index (χ0v) is 19.8. The maximum Gasteiger partial charge on any atom is 0.261 e. The maximum atomic E-state index is 13.1. The van der Waals surface area contributed by atoms with Crippen LogP contribution in [0.4, 0.5) is 0 Å². The Morgan fingerprint density at radius 1 is 1.12 bits per heavy atom. The fourth-order valence-electron chi connectivity index (χ4n) is 3.72. The SMILES string of the molecule is COc1ccc(CN(C(=O)COc2ccc(Cl)cc2Cl)C(C)C(=O)NC2CCCC2)cc1. The molecule has 0 spiro atoms. The number of carbonyl (C=O) groups excluding carboxylic acids is 2. The van der Waals surface area contributed by atoms with Crippen molar-refractivity contribution in [2.24, 2.45) is 0 Å². The quantitative estimate of drug-likeness (QED) is 0.558. The van der Waals surface area contributed by atoms with Crippen LogP contribution in [0, 0.1) is 0 Å². The van der Waals surface area contributed by atoms with E-state index < -0.39 is 6.04 Å². The minimum atomic E-state index is -0.658. The molecule has 2 aromatic carbocycles. The van der Waals surface area contributed by atoms with Gasteiger partial charge in [0, 0.05) is 17.6 Å².